The molecule has 0 radical (unpaired) electrons. The van der Waals surface area contributed by atoms with Crippen LogP contribution in [0.5, 0.6) is 0 Å². The van der Waals surface area contributed by atoms with E-state index in [1.54, 1.807) is 24.4 Å². The molecule has 0 bridgehead atoms. The van der Waals surface area contributed by atoms with Crippen molar-refractivity contribution in [3.8, 4) is 11.3 Å². The molecule has 1 atom stereocenters. The summed E-state index contributed by atoms with van der Waals surface area (Å²) in [6, 6.07) is 5.90. The molecule has 26 heavy (non-hydrogen) atoms. The highest BCUT2D eigenvalue weighted by Crippen LogP contribution is 2.32. The number of rotatable bonds is 7. The fourth-order valence-electron chi connectivity index (χ4n) is 3.02. The minimum Gasteiger partial charge on any atom is -0.441 e. The molecular weight excluding hydrogens is 371 g/mol. The summed E-state index contributed by atoms with van der Waals surface area (Å²) in [5.74, 6) is 1.76. The third-order valence-electron chi connectivity index (χ3n) is 4.93. The second-order valence-electron chi connectivity index (χ2n) is 7.26. The molecular formula is C20H24Cl2N2O2. The van der Waals surface area contributed by atoms with Crippen LogP contribution in [0.15, 0.2) is 28.8 Å². The van der Waals surface area contributed by atoms with Gasteiger partial charge in [0.15, 0.2) is 11.7 Å². The van der Waals surface area contributed by atoms with E-state index in [1.807, 2.05) is 0 Å². The smallest absolute Gasteiger partial charge is 0.223 e. The Kier molecular flexibility index (Phi) is 5.93. The normalized spacial score (nSPS) is 15.3. The van der Waals surface area contributed by atoms with E-state index in [4.69, 9.17) is 27.6 Å². The average Bonchev–Trinajstić information content (AvgIpc) is 3.30. The molecule has 0 N–H and O–H groups in total. The first-order valence-electron chi connectivity index (χ1n) is 9.08. The van der Waals surface area contributed by atoms with Crippen LogP contribution >= 0.6 is 23.2 Å². The van der Waals surface area contributed by atoms with Gasteiger partial charge in [0, 0.05) is 35.5 Å². The lowest BCUT2D eigenvalue weighted by Crippen LogP contribution is -2.43. The molecule has 1 fully saturated rings. The van der Waals surface area contributed by atoms with E-state index in [0.29, 0.717) is 46.5 Å². The van der Waals surface area contributed by atoms with Gasteiger partial charge in [0.25, 0.3) is 0 Å². The van der Waals surface area contributed by atoms with Gasteiger partial charge in [-0.25, -0.2) is 4.98 Å². The fourth-order valence-corrected chi connectivity index (χ4v) is 3.52. The van der Waals surface area contributed by atoms with Crippen molar-refractivity contribution in [1.29, 1.82) is 0 Å². The summed E-state index contributed by atoms with van der Waals surface area (Å²) >= 11 is 12.1. The summed E-state index contributed by atoms with van der Waals surface area (Å²) in [6.07, 6.45) is 4.76. The number of oxazole rings is 1. The van der Waals surface area contributed by atoms with Gasteiger partial charge in [-0.1, -0.05) is 37.0 Å². The lowest BCUT2D eigenvalue weighted by atomic mass is 10.0. The van der Waals surface area contributed by atoms with Gasteiger partial charge in [-0.2, -0.15) is 0 Å². The first kappa shape index (κ1) is 19.2. The predicted octanol–water partition coefficient (Wildman–Crippen LogP) is 5.62. The Morgan fingerprint density at radius 3 is 2.65 bits per heavy atom. The van der Waals surface area contributed by atoms with Crippen molar-refractivity contribution in [2.24, 2.45) is 5.92 Å². The van der Waals surface area contributed by atoms with E-state index in [-0.39, 0.29) is 11.9 Å². The van der Waals surface area contributed by atoms with Crippen molar-refractivity contribution >= 4 is 29.1 Å². The van der Waals surface area contributed by atoms with E-state index >= 15 is 0 Å². The highest BCUT2D eigenvalue weighted by Gasteiger charge is 2.36. The standard InChI is InChI=1S/C20H24Cl2N2O2/c1-12(2)13(3)24(15-5-6-15)20(25)9-8-19-23-11-18(26-19)16-7-4-14(21)10-17(16)22/h4,7,10-13,15H,5-6,8-9H2,1-3H3. The number of hydrogen-bond acceptors (Lipinski definition) is 3. The van der Waals surface area contributed by atoms with Crippen LogP contribution < -0.4 is 0 Å². The van der Waals surface area contributed by atoms with Crippen molar-refractivity contribution in [2.45, 2.75) is 58.5 Å². The van der Waals surface area contributed by atoms with Crippen molar-refractivity contribution in [3.63, 3.8) is 0 Å². The van der Waals surface area contributed by atoms with Gasteiger partial charge < -0.3 is 9.32 Å². The van der Waals surface area contributed by atoms with Crippen LogP contribution in [0.25, 0.3) is 11.3 Å². The fraction of sp³-hybridized carbons (Fsp3) is 0.500. The molecule has 140 valence electrons. The highest BCUT2D eigenvalue weighted by molar-refractivity contribution is 6.36. The number of benzene rings is 1. The molecule has 1 aromatic carbocycles. The van der Waals surface area contributed by atoms with Gasteiger partial charge in [-0.3, -0.25) is 4.79 Å². The maximum Gasteiger partial charge on any atom is 0.223 e. The van der Waals surface area contributed by atoms with Crippen LogP contribution in [0.2, 0.25) is 10.0 Å². The number of carbonyl (C=O) groups excluding carboxylic acids is 1. The zero-order chi connectivity index (χ0) is 18.8. The molecule has 1 aromatic heterocycles. The Hall–Kier alpha value is -1.52. The van der Waals surface area contributed by atoms with Gasteiger partial charge in [-0.15, -0.1) is 0 Å². The quantitative estimate of drug-likeness (QED) is 0.612. The molecule has 1 heterocycles. The first-order valence-corrected chi connectivity index (χ1v) is 9.83. The number of aromatic nitrogens is 1. The second-order valence-corrected chi connectivity index (χ2v) is 8.10. The third kappa shape index (κ3) is 4.41. The summed E-state index contributed by atoms with van der Waals surface area (Å²) in [5, 5.41) is 1.09. The summed E-state index contributed by atoms with van der Waals surface area (Å²) in [7, 11) is 0. The average molecular weight is 395 g/mol. The van der Waals surface area contributed by atoms with Crippen LogP contribution in [0.1, 0.15) is 45.9 Å². The molecule has 0 spiro atoms. The minimum atomic E-state index is 0.179. The SMILES string of the molecule is CC(C)C(C)N(C(=O)CCc1ncc(-c2ccc(Cl)cc2Cl)o1)C1CC1. The van der Waals surface area contributed by atoms with E-state index in [1.165, 1.54) is 0 Å². The van der Waals surface area contributed by atoms with Gasteiger partial charge in [0.05, 0.1) is 11.2 Å². The number of halogens is 2. The second kappa shape index (κ2) is 8.01. The summed E-state index contributed by atoms with van der Waals surface area (Å²) in [4.78, 5) is 19.1. The van der Waals surface area contributed by atoms with Crippen LogP contribution in [-0.2, 0) is 11.2 Å². The maximum absolute atomic E-state index is 12.7. The zero-order valence-electron chi connectivity index (χ0n) is 15.3. The molecule has 1 amide bonds. The van der Waals surface area contributed by atoms with Gasteiger partial charge >= 0.3 is 0 Å². The van der Waals surface area contributed by atoms with Gasteiger partial charge in [0.1, 0.15) is 0 Å². The zero-order valence-corrected chi connectivity index (χ0v) is 16.8. The van der Waals surface area contributed by atoms with E-state index in [9.17, 15) is 4.79 Å². The third-order valence-corrected chi connectivity index (χ3v) is 5.48. The van der Waals surface area contributed by atoms with Crippen LogP contribution in [0, 0.1) is 5.92 Å². The minimum absolute atomic E-state index is 0.179. The Balaban J connectivity index is 1.65. The Morgan fingerprint density at radius 1 is 1.31 bits per heavy atom. The van der Waals surface area contributed by atoms with E-state index < -0.39 is 0 Å². The molecule has 6 heteroatoms. The summed E-state index contributed by atoms with van der Waals surface area (Å²) < 4.78 is 5.80. The first-order chi connectivity index (χ1) is 12.4. The highest BCUT2D eigenvalue weighted by atomic mass is 35.5. The monoisotopic (exact) mass is 394 g/mol. The molecule has 0 saturated heterocycles. The van der Waals surface area contributed by atoms with Crippen LogP contribution in [0.3, 0.4) is 0 Å². The molecule has 1 unspecified atom stereocenters. The van der Waals surface area contributed by atoms with E-state index in [2.05, 4.69) is 30.7 Å². The summed E-state index contributed by atoms with van der Waals surface area (Å²) in [5.41, 5.74) is 0.745. The molecule has 1 saturated carbocycles. The van der Waals surface area contributed by atoms with E-state index in [0.717, 1.165) is 18.4 Å². The van der Waals surface area contributed by atoms with Crippen molar-refractivity contribution in [1.82, 2.24) is 9.88 Å². The Bertz CT molecular complexity index is 784. The van der Waals surface area contributed by atoms with Gasteiger partial charge in [-0.05, 0) is 43.9 Å². The topological polar surface area (TPSA) is 46.3 Å². The Morgan fingerprint density at radius 2 is 2.04 bits per heavy atom. The molecule has 4 nitrogen and oxygen atoms in total. The maximum atomic E-state index is 12.7. The molecule has 1 aliphatic rings. The van der Waals surface area contributed by atoms with Crippen LogP contribution in [-0.4, -0.2) is 27.9 Å². The number of amides is 1. The molecule has 2 aromatic rings. The number of nitrogens with zero attached hydrogens (tertiary/aromatic N) is 2. The molecule has 3 rings (SSSR count). The van der Waals surface area contributed by atoms with Crippen molar-refractivity contribution < 1.29 is 9.21 Å². The predicted molar refractivity (Wildman–Crippen MR) is 104 cm³/mol. The number of carbonyl (C=O) groups is 1. The molecule has 1 aliphatic carbocycles. The summed E-state index contributed by atoms with van der Waals surface area (Å²) in [6.45, 7) is 6.44. The Labute approximate surface area is 164 Å². The largest absolute Gasteiger partial charge is 0.441 e. The molecule has 0 aliphatic heterocycles. The number of aryl methyl sites for hydroxylation is 1. The lowest BCUT2D eigenvalue weighted by Gasteiger charge is -2.32. The number of hydrogen-bond donors (Lipinski definition) is 0. The van der Waals surface area contributed by atoms with Crippen molar-refractivity contribution in [2.75, 3.05) is 0 Å². The van der Waals surface area contributed by atoms with Gasteiger partial charge in [0.2, 0.25) is 5.91 Å². The van der Waals surface area contributed by atoms with Crippen molar-refractivity contribution in [3.05, 3.63) is 40.3 Å². The van der Waals surface area contributed by atoms with Crippen LogP contribution in [0.4, 0.5) is 0 Å². The lowest BCUT2D eigenvalue weighted by molar-refractivity contribution is -0.134.